The van der Waals surface area contributed by atoms with Crippen LogP contribution in [0.5, 0.6) is 0 Å². The van der Waals surface area contributed by atoms with Crippen LogP contribution in [0.4, 0.5) is 0 Å². The molecule has 0 bridgehead atoms. The monoisotopic (exact) mass is 200 g/mol. The summed E-state index contributed by atoms with van der Waals surface area (Å²) in [5.41, 5.74) is 1.63. The highest BCUT2D eigenvalue weighted by atomic mass is 31.1. The Hall–Kier alpha value is 0.430. The van der Waals surface area contributed by atoms with E-state index in [-0.39, 0.29) is 0 Å². The van der Waals surface area contributed by atoms with Gasteiger partial charge in [-0.1, -0.05) is 20.8 Å². The summed E-state index contributed by atoms with van der Waals surface area (Å²) in [6, 6.07) is 0. The van der Waals surface area contributed by atoms with E-state index in [1.54, 1.807) is 0 Å². The second kappa shape index (κ2) is 4.30. The average molecular weight is 200 g/mol. The maximum absolute atomic E-state index is 2.44. The smallest absolute Gasteiger partial charge is 0.0214 e. The molecule has 0 aromatic carbocycles. The standard InChI is InChI=1S/C12H25P/c1-12(2,3)10-6-8-11(9-7-10)13(4)5/h10-11H,6-9H2,1-5H3. The fourth-order valence-electron chi connectivity index (χ4n) is 2.46. The van der Waals surface area contributed by atoms with E-state index in [0.717, 1.165) is 11.6 Å². The second-order valence-corrected chi connectivity index (χ2v) is 8.49. The first-order valence-electron chi connectivity index (χ1n) is 5.57. The molecule has 13 heavy (non-hydrogen) atoms. The summed E-state index contributed by atoms with van der Waals surface area (Å²) in [5, 5.41) is 0. The maximum atomic E-state index is 2.44. The fourth-order valence-corrected chi connectivity index (χ4v) is 3.79. The molecule has 1 heteroatoms. The van der Waals surface area contributed by atoms with Gasteiger partial charge in [-0.2, -0.15) is 0 Å². The molecule has 0 aromatic heterocycles. The highest BCUT2D eigenvalue weighted by Crippen LogP contribution is 2.46. The molecule has 1 rings (SSSR count). The Morgan fingerprint density at radius 3 is 1.69 bits per heavy atom. The topological polar surface area (TPSA) is 0 Å². The number of rotatable bonds is 1. The number of hydrogen-bond donors (Lipinski definition) is 0. The van der Waals surface area contributed by atoms with Crippen molar-refractivity contribution in [2.45, 2.75) is 52.1 Å². The highest BCUT2D eigenvalue weighted by molar-refractivity contribution is 7.56. The summed E-state index contributed by atoms with van der Waals surface area (Å²) < 4.78 is 0. The van der Waals surface area contributed by atoms with Crippen molar-refractivity contribution in [1.29, 1.82) is 0 Å². The Morgan fingerprint density at radius 1 is 0.923 bits per heavy atom. The zero-order chi connectivity index (χ0) is 10.1. The molecule has 1 aliphatic rings. The molecule has 78 valence electrons. The first-order chi connectivity index (χ1) is 5.91. The third-order valence-corrected chi connectivity index (χ3v) is 5.63. The fraction of sp³-hybridized carbons (Fsp3) is 1.00. The maximum Gasteiger partial charge on any atom is -0.0214 e. The van der Waals surface area contributed by atoms with E-state index in [1.165, 1.54) is 25.7 Å². The molecule has 0 radical (unpaired) electrons. The third kappa shape index (κ3) is 3.24. The van der Waals surface area contributed by atoms with Crippen molar-refractivity contribution in [2.75, 3.05) is 13.3 Å². The summed E-state index contributed by atoms with van der Waals surface area (Å²) in [6.07, 6.45) is 5.96. The first-order valence-corrected chi connectivity index (χ1v) is 7.88. The Bertz CT molecular complexity index is 147. The van der Waals surface area contributed by atoms with Gasteiger partial charge in [0.15, 0.2) is 0 Å². The van der Waals surface area contributed by atoms with E-state index >= 15 is 0 Å². The van der Waals surface area contributed by atoms with Crippen molar-refractivity contribution in [3.05, 3.63) is 0 Å². The van der Waals surface area contributed by atoms with Crippen LogP contribution in [-0.2, 0) is 0 Å². The van der Waals surface area contributed by atoms with Crippen LogP contribution in [-0.4, -0.2) is 19.0 Å². The molecular weight excluding hydrogens is 175 g/mol. The average Bonchev–Trinajstić information content (AvgIpc) is 2.03. The van der Waals surface area contributed by atoms with Gasteiger partial charge in [-0.05, 0) is 56.0 Å². The van der Waals surface area contributed by atoms with Crippen molar-refractivity contribution in [1.82, 2.24) is 0 Å². The minimum Gasteiger partial charge on any atom is -0.110 e. The molecule has 0 nitrogen and oxygen atoms in total. The molecule has 0 aromatic rings. The summed E-state index contributed by atoms with van der Waals surface area (Å²) in [7, 11) is 0.326. The van der Waals surface area contributed by atoms with Crippen molar-refractivity contribution < 1.29 is 0 Å². The van der Waals surface area contributed by atoms with Crippen molar-refractivity contribution in [3.63, 3.8) is 0 Å². The van der Waals surface area contributed by atoms with Crippen molar-refractivity contribution >= 4 is 7.92 Å². The highest BCUT2D eigenvalue weighted by Gasteiger charge is 2.30. The summed E-state index contributed by atoms with van der Waals surface area (Å²) in [6.45, 7) is 12.1. The SMILES string of the molecule is CP(C)C1CCC(C(C)(C)C)CC1. The Labute approximate surface area is 85.2 Å². The molecule has 0 spiro atoms. The third-order valence-electron chi connectivity index (χ3n) is 3.65. The minimum atomic E-state index is 0.326. The normalized spacial score (nSPS) is 30.9. The summed E-state index contributed by atoms with van der Waals surface area (Å²) >= 11 is 0. The van der Waals surface area contributed by atoms with Gasteiger partial charge in [0, 0.05) is 0 Å². The zero-order valence-corrected chi connectivity index (χ0v) is 10.8. The molecule has 0 N–H and O–H groups in total. The van der Waals surface area contributed by atoms with Crippen LogP contribution in [0.2, 0.25) is 0 Å². The van der Waals surface area contributed by atoms with Crippen molar-refractivity contribution in [3.8, 4) is 0 Å². The molecule has 0 heterocycles. The van der Waals surface area contributed by atoms with Crippen LogP contribution in [0.15, 0.2) is 0 Å². The molecule has 1 fully saturated rings. The lowest BCUT2D eigenvalue weighted by Crippen LogP contribution is -2.27. The van der Waals surface area contributed by atoms with Gasteiger partial charge in [0.05, 0.1) is 0 Å². The lowest BCUT2D eigenvalue weighted by Gasteiger charge is -2.38. The second-order valence-electron chi connectivity index (χ2n) is 5.84. The largest absolute Gasteiger partial charge is 0.110 e. The van der Waals surface area contributed by atoms with E-state index in [1.807, 2.05) is 0 Å². The van der Waals surface area contributed by atoms with Gasteiger partial charge in [0.2, 0.25) is 0 Å². The van der Waals surface area contributed by atoms with Gasteiger partial charge in [0.1, 0.15) is 0 Å². The lowest BCUT2D eigenvalue weighted by atomic mass is 9.72. The van der Waals surface area contributed by atoms with Gasteiger partial charge in [-0.15, -0.1) is 7.92 Å². The molecule has 1 aliphatic carbocycles. The van der Waals surface area contributed by atoms with Gasteiger partial charge in [-0.25, -0.2) is 0 Å². The molecule has 0 saturated heterocycles. The Kier molecular flexibility index (Phi) is 3.81. The summed E-state index contributed by atoms with van der Waals surface area (Å²) in [4.78, 5) is 0. The molecule has 0 aliphatic heterocycles. The van der Waals surface area contributed by atoms with Crippen LogP contribution in [0.25, 0.3) is 0 Å². The molecule has 1 saturated carbocycles. The van der Waals surface area contributed by atoms with Crippen LogP contribution in [0.1, 0.15) is 46.5 Å². The summed E-state index contributed by atoms with van der Waals surface area (Å²) in [5.74, 6) is 0.985. The van der Waals surface area contributed by atoms with Crippen molar-refractivity contribution in [2.24, 2.45) is 11.3 Å². The predicted molar refractivity (Wildman–Crippen MR) is 64.0 cm³/mol. The first kappa shape index (κ1) is 11.5. The Balaban J connectivity index is 2.39. The molecular formula is C12H25P. The van der Waals surface area contributed by atoms with Crippen LogP contribution >= 0.6 is 7.92 Å². The van der Waals surface area contributed by atoms with Gasteiger partial charge in [0.25, 0.3) is 0 Å². The van der Waals surface area contributed by atoms with Crippen LogP contribution in [0, 0.1) is 11.3 Å². The predicted octanol–water partition coefficient (Wildman–Crippen LogP) is 4.33. The molecule has 0 amide bonds. The van der Waals surface area contributed by atoms with Crippen LogP contribution in [0.3, 0.4) is 0 Å². The van der Waals surface area contributed by atoms with Gasteiger partial charge >= 0.3 is 0 Å². The zero-order valence-electron chi connectivity index (χ0n) is 9.93. The quantitative estimate of drug-likeness (QED) is 0.552. The van der Waals surface area contributed by atoms with Crippen LogP contribution < -0.4 is 0 Å². The lowest BCUT2D eigenvalue weighted by molar-refractivity contribution is 0.181. The number of hydrogen-bond acceptors (Lipinski definition) is 0. The van der Waals surface area contributed by atoms with Gasteiger partial charge in [-0.3, -0.25) is 0 Å². The molecule has 0 unspecified atom stereocenters. The van der Waals surface area contributed by atoms with E-state index in [2.05, 4.69) is 34.1 Å². The van der Waals surface area contributed by atoms with E-state index in [4.69, 9.17) is 0 Å². The van der Waals surface area contributed by atoms with Gasteiger partial charge < -0.3 is 0 Å². The Morgan fingerprint density at radius 2 is 1.38 bits per heavy atom. The van der Waals surface area contributed by atoms with E-state index in [0.29, 0.717) is 13.3 Å². The molecule has 0 atom stereocenters. The minimum absolute atomic E-state index is 0.326. The van der Waals surface area contributed by atoms with E-state index in [9.17, 15) is 0 Å². The van der Waals surface area contributed by atoms with E-state index < -0.39 is 0 Å².